The van der Waals surface area contributed by atoms with Crippen LogP contribution < -0.4 is 16.4 Å². The van der Waals surface area contributed by atoms with E-state index in [2.05, 4.69) is 35.1 Å². The fraction of sp³-hybridized carbons (Fsp3) is 0.500. The average Bonchev–Trinajstić information content (AvgIpc) is 3.06. The monoisotopic (exact) mass is 314 g/mol. The Labute approximate surface area is 138 Å². The van der Waals surface area contributed by atoms with E-state index in [0.717, 1.165) is 32.2 Å². The molecule has 5 heteroatoms. The lowest BCUT2D eigenvalue weighted by molar-refractivity contribution is -0.136. The van der Waals surface area contributed by atoms with Crippen molar-refractivity contribution in [1.82, 2.24) is 21.3 Å². The van der Waals surface area contributed by atoms with Crippen LogP contribution in [0.15, 0.2) is 43.0 Å². The Kier molecular flexibility index (Phi) is 5.43. The fourth-order valence-corrected chi connectivity index (χ4v) is 3.57. The topological polar surface area (TPSA) is 56.4 Å². The molecule has 1 heterocycles. The predicted molar refractivity (Wildman–Crippen MR) is 91.2 cm³/mol. The highest BCUT2D eigenvalue weighted by Crippen LogP contribution is 2.27. The summed E-state index contributed by atoms with van der Waals surface area (Å²) in [4.78, 5) is 14.9. The lowest BCUT2D eigenvalue weighted by Crippen LogP contribution is -2.46. The van der Waals surface area contributed by atoms with Crippen LogP contribution in [0, 0.1) is 5.92 Å². The fourth-order valence-electron chi connectivity index (χ4n) is 3.57. The Balaban J connectivity index is 1.58. The van der Waals surface area contributed by atoms with E-state index in [9.17, 15) is 4.79 Å². The van der Waals surface area contributed by atoms with Crippen molar-refractivity contribution in [3.05, 3.63) is 48.6 Å². The first-order chi connectivity index (χ1) is 11.3. The maximum absolute atomic E-state index is 12.9. The van der Waals surface area contributed by atoms with Crippen LogP contribution in [0.3, 0.4) is 0 Å². The van der Waals surface area contributed by atoms with Crippen molar-refractivity contribution in [2.45, 2.75) is 37.8 Å². The number of carbonyl (C=O) groups is 1. The van der Waals surface area contributed by atoms with Crippen molar-refractivity contribution < 1.29 is 4.79 Å². The summed E-state index contributed by atoms with van der Waals surface area (Å²) in [5, 5.41) is 0. The van der Waals surface area contributed by atoms with E-state index in [1.165, 1.54) is 5.56 Å². The molecule has 23 heavy (non-hydrogen) atoms. The quantitative estimate of drug-likeness (QED) is 0.695. The summed E-state index contributed by atoms with van der Waals surface area (Å²) in [5.74, 6) is 0.383. The summed E-state index contributed by atoms with van der Waals surface area (Å²) >= 11 is 0. The molecule has 0 bridgehead atoms. The molecular weight excluding hydrogens is 288 g/mol. The molecular formula is C18H26N4O. The van der Waals surface area contributed by atoms with Crippen molar-refractivity contribution in [3.8, 4) is 0 Å². The molecule has 1 aliphatic carbocycles. The molecule has 0 aromatic heterocycles. The average molecular weight is 314 g/mol. The van der Waals surface area contributed by atoms with Crippen LogP contribution in [-0.4, -0.2) is 36.0 Å². The van der Waals surface area contributed by atoms with Gasteiger partial charge < -0.3 is 4.90 Å². The zero-order valence-electron chi connectivity index (χ0n) is 13.5. The van der Waals surface area contributed by atoms with E-state index < -0.39 is 0 Å². The highest BCUT2D eigenvalue weighted by atomic mass is 16.2. The van der Waals surface area contributed by atoms with E-state index in [1.54, 1.807) is 0 Å². The first-order valence-corrected chi connectivity index (χ1v) is 8.47. The Morgan fingerprint density at radius 1 is 1.22 bits per heavy atom. The summed E-state index contributed by atoms with van der Waals surface area (Å²) in [6, 6.07) is 11.1. The molecule has 1 amide bonds. The van der Waals surface area contributed by atoms with Crippen LogP contribution in [0.25, 0.3) is 0 Å². The lowest BCUT2D eigenvalue weighted by Gasteiger charge is -2.33. The normalized spacial score (nSPS) is 26.5. The molecule has 5 nitrogen and oxygen atoms in total. The molecule has 0 radical (unpaired) electrons. The summed E-state index contributed by atoms with van der Waals surface area (Å²) in [5.41, 5.74) is 10.7. The Morgan fingerprint density at radius 2 is 2.00 bits per heavy atom. The van der Waals surface area contributed by atoms with Crippen molar-refractivity contribution in [1.29, 1.82) is 0 Å². The second-order valence-electron chi connectivity index (χ2n) is 6.45. The zero-order chi connectivity index (χ0) is 16.1. The summed E-state index contributed by atoms with van der Waals surface area (Å²) in [6.45, 7) is 5.19. The van der Waals surface area contributed by atoms with Crippen LogP contribution in [0.4, 0.5) is 0 Å². The number of hydrogen-bond acceptors (Lipinski definition) is 4. The third-order valence-electron chi connectivity index (χ3n) is 4.89. The zero-order valence-corrected chi connectivity index (χ0v) is 13.5. The number of nitrogens with zero attached hydrogens (tertiary/aromatic N) is 1. The second-order valence-corrected chi connectivity index (χ2v) is 6.45. The number of rotatable bonds is 6. The van der Waals surface area contributed by atoms with Crippen molar-refractivity contribution in [2.24, 2.45) is 5.92 Å². The number of carbonyl (C=O) groups excluding carboxylic acids is 1. The molecule has 1 aromatic rings. The molecule has 2 aliphatic rings. The van der Waals surface area contributed by atoms with Gasteiger partial charge in [0.2, 0.25) is 5.91 Å². The predicted octanol–water partition coefficient (Wildman–Crippen LogP) is 1.39. The van der Waals surface area contributed by atoms with Gasteiger partial charge in [0.25, 0.3) is 0 Å². The van der Waals surface area contributed by atoms with Crippen LogP contribution in [0.5, 0.6) is 0 Å². The Bertz CT molecular complexity index is 533. The van der Waals surface area contributed by atoms with Gasteiger partial charge in [-0.15, -0.1) is 6.58 Å². The van der Waals surface area contributed by atoms with E-state index in [0.29, 0.717) is 18.6 Å². The number of nitrogens with one attached hydrogen (secondary N) is 3. The highest BCUT2D eigenvalue weighted by molar-refractivity contribution is 5.79. The van der Waals surface area contributed by atoms with E-state index in [-0.39, 0.29) is 11.8 Å². The number of benzene rings is 1. The van der Waals surface area contributed by atoms with E-state index in [1.807, 2.05) is 29.2 Å². The Hall–Kier alpha value is -1.69. The molecule has 3 unspecified atom stereocenters. The Morgan fingerprint density at radius 3 is 2.78 bits per heavy atom. The second kappa shape index (κ2) is 7.73. The molecule has 0 spiro atoms. The largest absolute Gasteiger partial charge is 0.338 e. The van der Waals surface area contributed by atoms with Gasteiger partial charge in [-0.1, -0.05) is 36.4 Å². The third-order valence-corrected chi connectivity index (χ3v) is 4.89. The minimum Gasteiger partial charge on any atom is -0.338 e. The van der Waals surface area contributed by atoms with Gasteiger partial charge in [0.05, 0.1) is 0 Å². The van der Waals surface area contributed by atoms with Crippen LogP contribution >= 0.6 is 0 Å². The molecule has 3 N–H and O–H groups in total. The van der Waals surface area contributed by atoms with Gasteiger partial charge in [0, 0.05) is 31.1 Å². The van der Waals surface area contributed by atoms with Gasteiger partial charge in [-0.2, -0.15) is 5.53 Å². The van der Waals surface area contributed by atoms with Crippen molar-refractivity contribution in [3.63, 3.8) is 0 Å². The standard InChI is InChI=1S/C18H26N4O/c1-2-11-22(12-10-14-6-4-3-5-7-14)18(23)15-8-9-16-17(13-15)20-21-19-16/h2-7,15-17,19-21H,1,8-13H2. The highest BCUT2D eigenvalue weighted by Gasteiger charge is 2.37. The minimum atomic E-state index is 0.112. The molecule has 1 aromatic carbocycles. The van der Waals surface area contributed by atoms with E-state index >= 15 is 0 Å². The summed E-state index contributed by atoms with van der Waals surface area (Å²) in [7, 11) is 0. The summed E-state index contributed by atoms with van der Waals surface area (Å²) in [6.07, 6.45) is 5.59. The van der Waals surface area contributed by atoms with Crippen LogP contribution in [0.1, 0.15) is 24.8 Å². The first kappa shape index (κ1) is 16.2. The van der Waals surface area contributed by atoms with Gasteiger partial charge in [-0.25, -0.2) is 10.9 Å². The molecule has 2 fully saturated rings. The van der Waals surface area contributed by atoms with Gasteiger partial charge in [-0.3, -0.25) is 4.79 Å². The van der Waals surface area contributed by atoms with Crippen LogP contribution in [0.2, 0.25) is 0 Å². The number of hydrazine groups is 2. The maximum atomic E-state index is 12.9. The lowest BCUT2D eigenvalue weighted by atomic mass is 9.82. The SMILES string of the molecule is C=CCN(CCc1ccccc1)C(=O)C1CCC2NNNC2C1. The van der Waals surface area contributed by atoms with Gasteiger partial charge in [0.1, 0.15) is 0 Å². The van der Waals surface area contributed by atoms with Gasteiger partial charge in [-0.05, 0) is 31.2 Å². The van der Waals surface area contributed by atoms with Gasteiger partial charge in [0.15, 0.2) is 0 Å². The van der Waals surface area contributed by atoms with Crippen LogP contribution in [-0.2, 0) is 11.2 Å². The van der Waals surface area contributed by atoms with Crippen molar-refractivity contribution >= 4 is 5.91 Å². The van der Waals surface area contributed by atoms with Gasteiger partial charge >= 0.3 is 0 Å². The first-order valence-electron chi connectivity index (χ1n) is 8.47. The number of amides is 1. The van der Waals surface area contributed by atoms with Crippen molar-refractivity contribution in [2.75, 3.05) is 13.1 Å². The third kappa shape index (κ3) is 3.99. The number of hydrogen-bond donors (Lipinski definition) is 3. The molecule has 1 saturated carbocycles. The van der Waals surface area contributed by atoms with E-state index in [4.69, 9.17) is 0 Å². The molecule has 3 rings (SSSR count). The number of fused-ring (bicyclic) bond motifs is 1. The molecule has 1 saturated heterocycles. The smallest absolute Gasteiger partial charge is 0.226 e. The maximum Gasteiger partial charge on any atom is 0.226 e. The summed E-state index contributed by atoms with van der Waals surface area (Å²) < 4.78 is 0. The molecule has 3 atom stereocenters. The minimum absolute atomic E-state index is 0.112. The molecule has 1 aliphatic heterocycles. The molecule has 124 valence electrons.